The van der Waals surface area contributed by atoms with Crippen LogP contribution in [-0.4, -0.2) is 12.9 Å². The first-order valence-corrected chi connectivity index (χ1v) is 6.79. The second-order valence-corrected chi connectivity index (χ2v) is 5.08. The lowest BCUT2D eigenvalue weighted by molar-refractivity contribution is 0.304. The number of rotatable bonds is 5. The Labute approximate surface area is 129 Å². The van der Waals surface area contributed by atoms with E-state index in [1.54, 1.807) is 25.3 Å². The van der Waals surface area contributed by atoms with Crippen LogP contribution in [0.5, 0.6) is 11.5 Å². The maximum absolute atomic E-state index is 7.57. The number of aryl methyl sites for hydroxylation is 1. The molecule has 0 aliphatic carbocycles. The molecule has 110 valence electrons. The van der Waals surface area contributed by atoms with Gasteiger partial charge in [0, 0.05) is 5.02 Å². The van der Waals surface area contributed by atoms with Gasteiger partial charge in [-0.1, -0.05) is 23.7 Å². The molecule has 5 heteroatoms. The minimum atomic E-state index is -0.0346. The average molecular weight is 305 g/mol. The van der Waals surface area contributed by atoms with E-state index in [2.05, 4.69) is 0 Å². The zero-order chi connectivity index (χ0) is 15.4. The number of methoxy groups -OCH3 is 1. The molecule has 2 aromatic carbocycles. The fourth-order valence-electron chi connectivity index (χ4n) is 1.95. The fraction of sp³-hybridized carbons (Fsp3) is 0.188. The monoisotopic (exact) mass is 304 g/mol. The van der Waals surface area contributed by atoms with Gasteiger partial charge in [0.25, 0.3) is 0 Å². The molecule has 0 amide bonds. The first kappa shape index (κ1) is 15.2. The molecule has 0 bridgehead atoms. The molecule has 0 fully saturated rings. The van der Waals surface area contributed by atoms with Gasteiger partial charge >= 0.3 is 0 Å². The number of ether oxygens (including phenoxy) is 2. The summed E-state index contributed by atoms with van der Waals surface area (Å²) in [7, 11) is 1.55. The third-order valence-corrected chi connectivity index (χ3v) is 3.33. The summed E-state index contributed by atoms with van der Waals surface area (Å²) >= 11 is 5.96. The molecule has 3 N–H and O–H groups in total. The van der Waals surface area contributed by atoms with Crippen molar-refractivity contribution in [2.24, 2.45) is 5.73 Å². The summed E-state index contributed by atoms with van der Waals surface area (Å²) in [5, 5.41) is 8.21. The Morgan fingerprint density at radius 1 is 1.19 bits per heavy atom. The molecule has 2 rings (SSSR count). The summed E-state index contributed by atoms with van der Waals surface area (Å²) in [6, 6.07) is 11.0. The highest BCUT2D eigenvalue weighted by molar-refractivity contribution is 6.30. The van der Waals surface area contributed by atoms with Crippen LogP contribution in [0.1, 0.15) is 16.7 Å². The van der Waals surface area contributed by atoms with Crippen molar-refractivity contribution in [3.05, 3.63) is 58.1 Å². The minimum absolute atomic E-state index is 0.0346. The summed E-state index contributed by atoms with van der Waals surface area (Å²) in [5.41, 5.74) is 8.03. The van der Waals surface area contributed by atoms with Gasteiger partial charge in [-0.2, -0.15) is 0 Å². The number of nitrogens with two attached hydrogens (primary N) is 1. The van der Waals surface area contributed by atoms with Crippen molar-refractivity contribution >= 4 is 17.4 Å². The highest BCUT2D eigenvalue weighted by Crippen LogP contribution is 2.25. The summed E-state index contributed by atoms with van der Waals surface area (Å²) < 4.78 is 11.0. The van der Waals surface area contributed by atoms with Gasteiger partial charge in [0.1, 0.15) is 23.9 Å². The van der Waals surface area contributed by atoms with Crippen molar-refractivity contribution in [2.45, 2.75) is 13.5 Å². The standard InChI is InChI=1S/C16H17ClN2O2/c1-10-3-5-12(17)8-15(10)21-9-11-4-6-14(20-2)13(7-11)16(18)19/h3-8H,9H2,1-2H3,(H3,18,19). The van der Waals surface area contributed by atoms with Crippen LogP contribution in [0.3, 0.4) is 0 Å². The number of amidine groups is 1. The van der Waals surface area contributed by atoms with Crippen molar-refractivity contribution in [3.63, 3.8) is 0 Å². The molecule has 0 saturated heterocycles. The van der Waals surface area contributed by atoms with E-state index in [4.69, 9.17) is 32.2 Å². The number of halogens is 1. The molecule has 4 nitrogen and oxygen atoms in total. The number of hydrogen-bond donors (Lipinski definition) is 2. The van der Waals surface area contributed by atoms with Crippen LogP contribution in [0.15, 0.2) is 36.4 Å². The van der Waals surface area contributed by atoms with Gasteiger partial charge in [0.2, 0.25) is 0 Å². The Balaban J connectivity index is 2.18. The molecule has 0 spiro atoms. The number of hydrogen-bond acceptors (Lipinski definition) is 3. The number of benzene rings is 2. The zero-order valence-corrected chi connectivity index (χ0v) is 12.7. The average Bonchev–Trinajstić information content (AvgIpc) is 2.47. The molecule has 21 heavy (non-hydrogen) atoms. The quantitative estimate of drug-likeness (QED) is 0.656. The molecule has 2 aromatic rings. The van der Waals surface area contributed by atoms with Gasteiger partial charge in [-0.25, -0.2) is 0 Å². The lowest BCUT2D eigenvalue weighted by atomic mass is 10.1. The van der Waals surface area contributed by atoms with E-state index >= 15 is 0 Å². The molecule has 0 atom stereocenters. The third kappa shape index (κ3) is 3.67. The molecule has 0 saturated carbocycles. The Morgan fingerprint density at radius 2 is 1.95 bits per heavy atom. The number of nitrogen functional groups attached to an aromatic ring is 1. The smallest absolute Gasteiger partial charge is 0.129 e. The third-order valence-electron chi connectivity index (χ3n) is 3.10. The molecule has 0 aliphatic heterocycles. The van der Waals surface area contributed by atoms with Crippen molar-refractivity contribution in [3.8, 4) is 11.5 Å². The maximum Gasteiger partial charge on any atom is 0.129 e. The van der Waals surface area contributed by atoms with E-state index < -0.39 is 0 Å². The van der Waals surface area contributed by atoms with E-state index in [0.29, 0.717) is 22.9 Å². The zero-order valence-electron chi connectivity index (χ0n) is 11.9. The minimum Gasteiger partial charge on any atom is -0.496 e. The first-order chi connectivity index (χ1) is 10.0. The van der Waals surface area contributed by atoms with E-state index in [1.165, 1.54) is 0 Å². The Hall–Kier alpha value is -2.20. The predicted octanol–water partition coefficient (Wildman–Crippen LogP) is 3.52. The molecular weight excluding hydrogens is 288 g/mol. The predicted molar refractivity (Wildman–Crippen MR) is 84.5 cm³/mol. The van der Waals surface area contributed by atoms with Crippen LogP contribution in [0.2, 0.25) is 5.02 Å². The lowest BCUT2D eigenvalue weighted by Crippen LogP contribution is -2.13. The normalized spacial score (nSPS) is 10.2. The molecule has 0 heterocycles. The molecule has 0 aliphatic rings. The van der Waals surface area contributed by atoms with Gasteiger partial charge < -0.3 is 15.2 Å². The van der Waals surface area contributed by atoms with Gasteiger partial charge in [-0.3, -0.25) is 5.41 Å². The second-order valence-electron chi connectivity index (χ2n) is 4.65. The van der Waals surface area contributed by atoms with Crippen molar-refractivity contribution in [1.82, 2.24) is 0 Å². The van der Waals surface area contributed by atoms with Crippen LogP contribution in [0, 0.1) is 12.3 Å². The SMILES string of the molecule is COc1ccc(COc2cc(Cl)ccc2C)cc1C(=N)N. The van der Waals surface area contributed by atoms with Crippen molar-refractivity contribution in [1.29, 1.82) is 5.41 Å². The highest BCUT2D eigenvalue weighted by Gasteiger charge is 2.08. The van der Waals surface area contributed by atoms with Crippen LogP contribution in [-0.2, 0) is 6.61 Å². The maximum atomic E-state index is 7.57. The van der Waals surface area contributed by atoms with Crippen LogP contribution in [0.4, 0.5) is 0 Å². The van der Waals surface area contributed by atoms with E-state index in [1.807, 2.05) is 25.1 Å². The van der Waals surface area contributed by atoms with Crippen LogP contribution < -0.4 is 15.2 Å². The van der Waals surface area contributed by atoms with Gasteiger partial charge in [0.15, 0.2) is 0 Å². The molecule has 0 aromatic heterocycles. The van der Waals surface area contributed by atoms with Gasteiger partial charge in [-0.05, 0) is 42.3 Å². The van der Waals surface area contributed by atoms with Crippen LogP contribution >= 0.6 is 11.6 Å². The summed E-state index contributed by atoms with van der Waals surface area (Å²) in [5.74, 6) is 1.28. The Kier molecular flexibility index (Phi) is 4.70. The molecular formula is C16H17ClN2O2. The second kappa shape index (κ2) is 6.50. The topological polar surface area (TPSA) is 68.3 Å². The van der Waals surface area contributed by atoms with Gasteiger partial charge in [0.05, 0.1) is 12.7 Å². The number of nitrogens with one attached hydrogen (secondary N) is 1. The van der Waals surface area contributed by atoms with Crippen LogP contribution in [0.25, 0.3) is 0 Å². The summed E-state index contributed by atoms with van der Waals surface area (Å²) in [6.07, 6.45) is 0. The Bertz CT molecular complexity index is 671. The molecule has 0 unspecified atom stereocenters. The van der Waals surface area contributed by atoms with E-state index in [9.17, 15) is 0 Å². The van der Waals surface area contributed by atoms with E-state index in [0.717, 1.165) is 16.9 Å². The summed E-state index contributed by atoms with van der Waals surface area (Å²) in [4.78, 5) is 0. The summed E-state index contributed by atoms with van der Waals surface area (Å²) in [6.45, 7) is 2.33. The largest absolute Gasteiger partial charge is 0.496 e. The molecule has 0 radical (unpaired) electrons. The lowest BCUT2D eigenvalue weighted by Gasteiger charge is -2.12. The first-order valence-electron chi connectivity index (χ1n) is 6.41. The fourth-order valence-corrected chi connectivity index (χ4v) is 2.11. The van der Waals surface area contributed by atoms with Crippen molar-refractivity contribution in [2.75, 3.05) is 7.11 Å². The Morgan fingerprint density at radius 3 is 2.62 bits per heavy atom. The highest BCUT2D eigenvalue weighted by atomic mass is 35.5. The van der Waals surface area contributed by atoms with Crippen molar-refractivity contribution < 1.29 is 9.47 Å². The van der Waals surface area contributed by atoms with Gasteiger partial charge in [-0.15, -0.1) is 0 Å². The van der Waals surface area contributed by atoms with E-state index in [-0.39, 0.29) is 5.84 Å².